The van der Waals surface area contributed by atoms with Gasteiger partial charge >= 0.3 is 11.9 Å². The van der Waals surface area contributed by atoms with Gasteiger partial charge in [0.15, 0.2) is 23.5 Å². The lowest BCUT2D eigenvalue weighted by Gasteiger charge is -2.05. The molecule has 0 aliphatic heterocycles. The number of carboxylic acids is 2. The molecule has 2 N–H and O–H groups in total. The molecule has 0 atom stereocenters. The second-order valence-corrected chi connectivity index (χ2v) is 6.81. The van der Waals surface area contributed by atoms with E-state index in [1.807, 2.05) is 0 Å². The highest BCUT2D eigenvalue weighted by Gasteiger charge is 2.11. The van der Waals surface area contributed by atoms with Crippen LogP contribution in [0.3, 0.4) is 0 Å². The van der Waals surface area contributed by atoms with E-state index in [1.165, 1.54) is 12.1 Å². The van der Waals surface area contributed by atoms with Crippen LogP contribution in [-0.2, 0) is 9.59 Å². The molecule has 0 aromatic carbocycles. The van der Waals surface area contributed by atoms with Gasteiger partial charge in [0, 0.05) is 0 Å². The van der Waals surface area contributed by atoms with E-state index in [1.54, 1.807) is 0 Å². The molecule has 152 valence electrons. The number of hydrogen-bond acceptors (Lipinski definition) is 6. The molecular formula is C14H8Cl6N2O6. The molecule has 0 radical (unpaired) electrons. The highest BCUT2D eigenvalue weighted by atomic mass is 35.5. The maximum absolute atomic E-state index is 10.2. The summed E-state index contributed by atoms with van der Waals surface area (Å²) in [6.07, 6.45) is 0. The minimum Gasteiger partial charge on any atom is -0.479 e. The Hall–Kier alpha value is -1.42. The van der Waals surface area contributed by atoms with Crippen LogP contribution in [0.1, 0.15) is 0 Å². The van der Waals surface area contributed by atoms with Crippen LogP contribution in [0, 0.1) is 0 Å². The maximum atomic E-state index is 10.2. The van der Waals surface area contributed by atoms with Crippen molar-refractivity contribution < 1.29 is 29.3 Å². The van der Waals surface area contributed by atoms with E-state index in [0.717, 1.165) is 0 Å². The molecular weight excluding hydrogens is 505 g/mol. The number of carbonyl (C=O) groups is 2. The fourth-order valence-corrected chi connectivity index (χ4v) is 2.41. The quantitative estimate of drug-likeness (QED) is 0.518. The minimum atomic E-state index is -1.13. The van der Waals surface area contributed by atoms with Crippen molar-refractivity contribution in [2.24, 2.45) is 0 Å². The van der Waals surface area contributed by atoms with Crippen LogP contribution in [0.15, 0.2) is 12.1 Å². The number of ether oxygens (including phenoxy) is 2. The number of aliphatic carboxylic acids is 2. The first-order chi connectivity index (χ1) is 13.0. The van der Waals surface area contributed by atoms with Crippen LogP contribution in [0.4, 0.5) is 0 Å². The third-order valence-corrected chi connectivity index (χ3v) is 4.26. The molecule has 0 fully saturated rings. The van der Waals surface area contributed by atoms with Gasteiger partial charge in [0.2, 0.25) is 11.8 Å². The Kier molecular flexibility index (Phi) is 10.2. The van der Waals surface area contributed by atoms with E-state index in [0.29, 0.717) is 0 Å². The van der Waals surface area contributed by atoms with Crippen molar-refractivity contribution in [1.29, 1.82) is 0 Å². The van der Waals surface area contributed by atoms with Gasteiger partial charge in [0.1, 0.15) is 10.0 Å². The first kappa shape index (κ1) is 24.6. The summed E-state index contributed by atoms with van der Waals surface area (Å²) in [5, 5.41) is 17.3. The topological polar surface area (TPSA) is 119 Å². The van der Waals surface area contributed by atoms with Gasteiger partial charge < -0.3 is 19.7 Å². The monoisotopic (exact) mass is 510 g/mol. The molecule has 0 amide bonds. The number of rotatable bonds is 6. The zero-order chi connectivity index (χ0) is 21.4. The normalized spacial score (nSPS) is 9.93. The molecule has 8 nitrogen and oxygen atoms in total. The van der Waals surface area contributed by atoms with Crippen LogP contribution >= 0.6 is 69.6 Å². The van der Waals surface area contributed by atoms with Gasteiger partial charge in [-0.2, -0.15) is 9.97 Å². The van der Waals surface area contributed by atoms with Crippen LogP contribution in [0.25, 0.3) is 0 Å². The number of nitrogens with zero attached hydrogens (tertiary/aromatic N) is 2. The molecule has 0 aliphatic rings. The summed E-state index contributed by atoms with van der Waals surface area (Å²) < 4.78 is 9.50. The molecule has 14 heteroatoms. The molecule has 2 aromatic heterocycles. The molecule has 28 heavy (non-hydrogen) atoms. The highest BCUT2D eigenvalue weighted by molar-refractivity contribution is 6.43. The van der Waals surface area contributed by atoms with E-state index in [-0.39, 0.29) is 42.2 Å². The van der Waals surface area contributed by atoms with Crippen molar-refractivity contribution in [3.05, 3.63) is 42.5 Å². The van der Waals surface area contributed by atoms with Crippen LogP contribution in [-0.4, -0.2) is 45.3 Å². The van der Waals surface area contributed by atoms with Gasteiger partial charge in [0.25, 0.3) is 0 Å². The Morgan fingerprint density at radius 2 is 1.04 bits per heavy atom. The fourth-order valence-electron chi connectivity index (χ4n) is 1.32. The Morgan fingerprint density at radius 3 is 1.32 bits per heavy atom. The number of aromatic nitrogens is 2. The Morgan fingerprint density at radius 1 is 0.714 bits per heavy atom. The van der Waals surface area contributed by atoms with Gasteiger partial charge in [-0.1, -0.05) is 69.6 Å². The van der Waals surface area contributed by atoms with Crippen molar-refractivity contribution in [3.63, 3.8) is 0 Å². The van der Waals surface area contributed by atoms with Crippen molar-refractivity contribution in [2.75, 3.05) is 13.2 Å². The number of hydrogen-bond donors (Lipinski definition) is 2. The van der Waals surface area contributed by atoms with Gasteiger partial charge in [-0.15, -0.1) is 0 Å². The molecule has 0 spiro atoms. The van der Waals surface area contributed by atoms with Gasteiger partial charge in [-0.05, 0) is 12.1 Å². The number of carboxylic acid groups (broad SMARTS) is 2. The Labute approximate surface area is 187 Å². The lowest BCUT2D eigenvalue weighted by molar-refractivity contribution is -0.140. The van der Waals surface area contributed by atoms with Gasteiger partial charge in [0.05, 0.1) is 10.0 Å². The average Bonchev–Trinajstić information content (AvgIpc) is 2.59. The molecule has 2 aromatic rings. The van der Waals surface area contributed by atoms with E-state index in [9.17, 15) is 9.59 Å². The standard InChI is InChI=1S/2C7H4Cl3NO3/c2*8-3-1-4(9)7(11-6(3)10)14-2-5(12)13/h2*1H,2H2,(H,12,13). The summed E-state index contributed by atoms with van der Waals surface area (Å²) in [5.74, 6) is -2.37. The number of halogens is 6. The zero-order valence-electron chi connectivity index (χ0n) is 13.3. The van der Waals surface area contributed by atoms with E-state index in [2.05, 4.69) is 9.97 Å². The molecule has 0 saturated carbocycles. The summed E-state index contributed by atoms with van der Waals surface area (Å²) in [5.41, 5.74) is 0. The SMILES string of the molecule is O=C(O)COc1nc(Cl)c(Cl)cc1Cl.O=C(O)COc1nc(Cl)c(Cl)cc1Cl. The lowest BCUT2D eigenvalue weighted by Crippen LogP contribution is -2.10. The second kappa shape index (κ2) is 11.5. The van der Waals surface area contributed by atoms with Gasteiger partial charge in [-0.3, -0.25) is 0 Å². The van der Waals surface area contributed by atoms with E-state index >= 15 is 0 Å². The van der Waals surface area contributed by atoms with Crippen LogP contribution < -0.4 is 9.47 Å². The third kappa shape index (κ3) is 8.30. The second-order valence-electron chi connectivity index (χ2n) is 4.46. The summed E-state index contributed by atoms with van der Waals surface area (Å²) in [7, 11) is 0. The molecule has 0 bridgehead atoms. The zero-order valence-corrected chi connectivity index (χ0v) is 17.8. The van der Waals surface area contributed by atoms with E-state index in [4.69, 9.17) is 89.3 Å². The molecule has 2 rings (SSSR count). The molecule has 2 heterocycles. The lowest BCUT2D eigenvalue weighted by atomic mass is 10.5. The smallest absolute Gasteiger partial charge is 0.341 e. The summed E-state index contributed by atoms with van der Waals surface area (Å²) in [6, 6.07) is 2.66. The Bertz CT molecular complexity index is 810. The predicted molar refractivity (Wildman–Crippen MR) is 105 cm³/mol. The minimum absolute atomic E-state index is 0.0106. The van der Waals surface area contributed by atoms with Crippen molar-refractivity contribution in [3.8, 4) is 11.8 Å². The summed E-state index contributed by atoms with van der Waals surface area (Å²) >= 11 is 33.7. The van der Waals surface area contributed by atoms with Gasteiger partial charge in [-0.25, -0.2) is 9.59 Å². The molecule has 0 aliphatic carbocycles. The number of pyridine rings is 2. The first-order valence-electron chi connectivity index (χ1n) is 6.73. The van der Waals surface area contributed by atoms with Crippen LogP contribution in [0.2, 0.25) is 30.4 Å². The molecule has 0 saturated heterocycles. The van der Waals surface area contributed by atoms with E-state index < -0.39 is 25.2 Å². The predicted octanol–water partition coefficient (Wildman–Crippen LogP) is 5.01. The average molecular weight is 513 g/mol. The summed E-state index contributed by atoms with van der Waals surface area (Å²) in [6.45, 7) is -1.07. The van der Waals surface area contributed by atoms with Crippen molar-refractivity contribution in [1.82, 2.24) is 9.97 Å². The molecule has 0 unspecified atom stereocenters. The van der Waals surface area contributed by atoms with Crippen molar-refractivity contribution in [2.45, 2.75) is 0 Å². The third-order valence-electron chi connectivity index (χ3n) is 2.37. The summed E-state index contributed by atoms with van der Waals surface area (Å²) in [4.78, 5) is 27.7. The maximum Gasteiger partial charge on any atom is 0.341 e. The fraction of sp³-hybridized carbons (Fsp3) is 0.143. The first-order valence-corrected chi connectivity index (χ1v) is 9.00. The highest BCUT2D eigenvalue weighted by Crippen LogP contribution is 2.31. The van der Waals surface area contributed by atoms with Crippen molar-refractivity contribution >= 4 is 81.5 Å². The van der Waals surface area contributed by atoms with Crippen LogP contribution in [0.5, 0.6) is 11.8 Å². The largest absolute Gasteiger partial charge is 0.479 e. The Balaban J connectivity index is 0.000000280.